The Labute approximate surface area is 117 Å². The van der Waals surface area contributed by atoms with Crippen molar-refractivity contribution < 1.29 is 0 Å². The number of para-hydroxylation sites is 1. The zero-order valence-corrected chi connectivity index (χ0v) is 11.7. The molecule has 2 heterocycles. The van der Waals surface area contributed by atoms with Gasteiger partial charge in [-0.3, -0.25) is 0 Å². The number of thioether (sulfide) groups is 1. The van der Waals surface area contributed by atoms with Crippen LogP contribution in [0, 0.1) is 11.3 Å². The molecule has 19 heavy (non-hydrogen) atoms. The molecule has 1 aromatic heterocycles. The summed E-state index contributed by atoms with van der Waals surface area (Å²) >= 11 is 1.98. The molecule has 4 heteroatoms. The Morgan fingerprint density at radius 2 is 2.26 bits per heavy atom. The minimum Gasteiger partial charge on any atom is -0.352 e. The Morgan fingerprint density at radius 1 is 1.42 bits per heavy atom. The lowest BCUT2D eigenvalue weighted by atomic mass is 10.1. The van der Waals surface area contributed by atoms with Crippen molar-refractivity contribution in [1.29, 1.82) is 5.26 Å². The molecule has 1 aliphatic rings. The average Bonchev–Trinajstić information content (AvgIpc) is 2.46. The smallest absolute Gasteiger partial charge is 0.130 e. The summed E-state index contributed by atoms with van der Waals surface area (Å²) in [5.74, 6) is 3.18. The van der Waals surface area contributed by atoms with Crippen LogP contribution in [0.25, 0.3) is 10.9 Å². The fourth-order valence-corrected chi connectivity index (χ4v) is 3.48. The normalized spacial score (nSPS) is 19.4. The predicted octanol–water partition coefficient (Wildman–Crippen LogP) is 3.05. The zero-order chi connectivity index (χ0) is 13.2. The summed E-state index contributed by atoms with van der Waals surface area (Å²) in [6, 6.07) is 12.5. The molecule has 1 unspecified atom stereocenters. The third kappa shape index (κ3) is 2.26. The highest BCUT2D eigenvalue weighted by atomic mass is 32.2. The van der Waals surface area contributed by atoms with Gasteiger partial charge in [-0.15, -0.1) is 0 Å². The Morgan fingerprint density at radius 3 is 3.05 bits per heavy atom. The van der Waals surface area contributed by atoms with E-state index in [2.05, 4.69) is 17.9 Å². The van der Waals surface area contributed by atoms with Crippen molar-refractivity contribution >= 4 is 28.5 Å². The van der Waals surface area contributed by atoms with Crippen LogP contribution >= 0.6 is 11.8 Å². The first-order chi connectivity index (χ1) is 9.29. The van der Waals surface area contributed by atoms with Crippen LogP contribution < -0.4 is 4.90 Å². The first-order valence-electron chi connectivity index (χ1n) is 6.44. The van der Waals surface area contributed by atoms with Gasteiger partial charge in [0.25, 0.3) is 0 Å². The van der Waals surface area contributed by atoms with E-state index in [9.17, 15) is 5.26 Å². The first kappa shape index (κ1) is 12.3. The highest BCUT2D eigenvalue weighted by Crippen LogP contribution is 2.26. The van der Waals surface area contributed by atoms with E-state index in [1.54, 1.807) is 0 Å². The molecule has 1 aliphatic heterocycles. The minimum atomic E-state index is 0.471. The van der Waals surface area contributed by atoms with Crippen LogP contribution in [0.4, 0.5) is 5.82 Å². The maximum absolute atomic E-state index is 9.32. The van der Waals surface area contributed by atoms with Crippen LogP contribution in [0.3, 0.4) is 0 Å². The molecule has 0 saturated carbocycles. The summed E-state index contributed by atoms with van der Waals surface area (Å²) in [5.41, 5.74) is 1.62. The number of nitrogens with zero attached hydrogens (tertiary/aromatic N) is 3. The van der Waals surface area contributed by atoms with Gasteiger partial charge in [-0.1, -0.05) is 18.2 Å². The number of nitriles is 1. The lowest BCUT2D eigenvalue weighted by Crippen LogP contribution is -2.40. The lowest BCUT2D eigenvalue weighted by molar-refractivity contribution is 0.691. The molecule has 96 valence electrons. The number of hydrogen-bond donors (Lipinski definition) is 0. The number of rotatable bonds is 1. The maximum Gasteiger partial charge on any atom is 0.130 e. The van der Waals surface area contributed by atoms with E-state index in [4.69, 9.17) is 4.98 Å². The van der Waals surface area contributed by atoms with Gasteiger partial charge < -0.3 is 4.90 Å². The van der Waals surface area contributed by atoms with E-state index < -0.39 is 0 Å². The van der Waals surface area contributed by atoms with Crippen LogP contribution in [0.2, 0.25) is 0 Å². The standard InChI is InChI=1S/C15H15N3S/c1-11-10-19-7-6-18(11)15-8-12(9-16)13-4-2-3-5-14(13)17-15/h2-5,8,11H,6-7,10H2,1H3. The van der Waals surface area contributed by atoms with E-state index in [1.807, 2.05) is 42.1 Å². The number of fused-ring (bicyclic) bond motifs is 1. The van der Waals surface area contributed by atoms with Gasteiger partial charge in [-0.25, -0.2) is 4.98 Å². The minimum absolute atomic E-state index is 0.471. The van der Waals surface area contributed by atoms with Crippen molar-refractivity contribution in [1.82, 2.24) is 4.98 Å². The molecule has 1 aromatic carbocycles. The summed E-state index contributed by atoms with van der Waals surface area (Å²) < 4.78 is 0. The predicted molar refractivity (Wildman–Crippen MR) is 80.6 cm³/mol. The summed E-state index contributed by atoms with van der Waals surface area (Å²) in [7, 11) is 0. The quantitative estimate of drug-likeness (QED) is 0.797. The summed E-state index contributed by atoms with van der Waals surface area (Å²) in [5, 5.41) is 10.3. The van der Waals surface area contributed by atoms with Crippen LogP contribution in [-0.4, -0.2) is 29.1 Å². The molecule has 0 amide bonds. The molecular weight excluding hydrogens is 254 g/mol. The van der Waals surface area contributed by atoms with Crippen molar-refractivity contribution in [2.24, 2.45) is 0 Å². The Kier molecular flexibility index (Phi) is 3.31. The van der Waals surface area contributed by atoms with Gasteiger partial charge in [-0.2, -0.15) is 17.0 Å². The lowest BCUT2D eigenvalue weighted by Gasteiger charge is -2.34. The number of pyridine rings is 1. The van der Waals surface area contributed by atoms with Gasteiger partial charge in [0.1, 0.15) is 5.82 Å². The summed E-state index contributed by atoms with van der Waals surface area (Å²) in [6.45, 7) is 3.22. The molecule has 0 spiro atoms. The highest BCUT2D eigenvalue weighted by Gasteiger charge is 2.21. The van der Waals surface area contributed by atoms with Crippen molar-refractivity contribution in [3.8, 4) is 6.07 Å². The van der Waals surface area contributed by atoms with E-state index in [0.717, 1.165) is 34.8 Å². The second-order valence-corrected chi connectivity index (χ2v) is 5.92. The van der Waals surface area contributed by atoms with Crippen LogP contribution in [-0.2, 0) is 0 Å². The molecule has 0 N–H and O–H groups in total. The number of hydrogen-bond acceptors (Lipinski definition) is 4. The van der Waals surface area contributed by atoms with Crippen molar-refractivity contribution in [2.45, 2.75) is 13.0 Å². The van der Waals surface area contributed by atoms with Crippen molar-refractivity contribution in [2.75, 3.05) is 23.0 Å². The third-order valence-electron chi connectivity index (χ3n) is 3.49. The Bertz CT molecular complexity index is 647. The average molecular weight is 269 g/mol. The topological polar surface area (TPSA) is 39.9 Å². The van der Waals surface area contributed by atoms with Crippen LogP contribution in [0.1, 0.15) is 12.5 Å². The van der Waals surface area contributed by atoms with Crippen LogP contribution in [0.5, 0.6) is 0 Å². The van der Waals surface area contributed by atoms with Gasteiger partial charge in [0.05, 0.1) is 17.1 Å². The van der Waals surface area contributed by atoms with Crippen LogP contribution in [0.15, 0.2) is 30.3 Å². The Hall–Kier alpha value is -1.73. The molecular formula is C15H15N3S. The third-order valence-corrected chi connectivity index (χ3v) is 4.67. The van der Waals surface area contributed by atoms with Gasteiger partial charge >= 0.3 is 0 Å². The number of anilines is 1. The first-order valence-corrected chi connectivity index (χ1v) is 7.59. The Balaban J connectivity index is 2.12. The molecule has 1 saturated heterocycles. The van der Waals surface area contributed by atoms with Crippen molar-refractivity contribution in [3.63, 3.8) is 0 Å². The van der Waals surface area contributed by atoms with E-state index in [-0.39, 0.29) is 0 Å². The molecule has 0 radical (unpaired) electrons. The molecule has 0 aliphatic carbocycles. The second-order valence-electron chi connectivity index (χ2n) is 4.77. The second kappa shape index (κ2) is 5.10. The SMILES string of the molecule is CC1CSCCN1c1cc(C#N)c2ccccc2n1. The van der Waals surface area contributed by atoms with Gasteiger partial charge in [-0.05, 0) is 19.1 Å². The van der Waals surface area contributed by atoms with Gasteiger partial charge in [0.15, 0.2) is 0 Å². The van der Waals surface area contributed by atoms with E-state index in [0.29, 0.717) is 11.6 Å². The molecule has 0 bridgehead atoms. The molecule has 3 nitrogen and oxygen atoms in total. The highest BCUT2D eigenvalue weighted by molar-refractivity contribution is 7.99. The number of aromatic nitrogens is 1. The van der Waals surface area contributed by atoms with Gasteiger partial charge in [0, 0.05) is 29.5 Å². The summed E-state index contributed by atoms with van der Waals surface area (Å²) in [6.07, 6.45) is 0. The molecule has 1 fully saturated rings. The van der Waals surface area contributed by atoms with Crippen molar-refractivity contribution in [3.05, 3.63) is 35.9 Å². The molecule has 3 rings (SSSR count). The van der Waals surface area contributed by atoms with Gasteiger partial charge in [0.2, 0.25) is 0 Å². The van der Waals surface area contributed by atoms with E-state index >= 15 is 0 Å². The summed E-state index contributed by atoms with van der Waals surface area (Å²) in [4.78, 5) is 7.03. The maximum atomic E-state index is 9.32. The fraction of sp³-hybridized carbons (Fsp3) is 0.333. The van der Waals surface area contributed by atoms with E-state index in [1.165, 1.54) is 0 Å². The molecule has 2 aromatic rings. The molecule has 1 atom stereocenters. The zero-order valence-electron chi connectivity index (χ0n) is 10.8. The largest absolute Gasteiger partial charge is 0.352 e. The fourth-order valence-electron chi connectivity index (χ4n) is 2.47. The monoisotopic (exact) mass is 269 g/mol. The number of benzene rings is 1.